The Morgan fingerprint density at radius 3 is 2.23 bits per heavy atom. The van der Waals surface area contributed by atoms with E-state index < -0.39 is 12.1 Å². The highest BCUT2D eigenvalue weighted by atomic mass is 35.5. The van der Waals surface area contributed by atoms with Gasteiger partial charge >= 0.3 is 12.1 Å². The minimum atomic E-state index is -0.958. The average molecular weight is 567 g/mol. The summed E-state index contributed by atoms with van der Waals surface area (Å²) in [4.78, 5) is 26.1. The summed E-state index contributed by atoms with van der Waals surface area (Å²) in [7, 11) is 0. The van der Waals surface area contributed by atoms with Crippen molar-refractivity contribution < 1.29 is 24.2 Å². The molecule has 4 bridgehead atoms. The van der Waals surface area contributed by atoms with Gasteiger partial charge in [0, 0.05) is 37.8 Å². The molecule has 5 aliphatic rings. The Hall–Kier alpha value is -2.87. The van der Waals surface area contributed by atoms with Crippen LogP contribution >= 0.6 is 12.4 Å². The number of rotatable bonds is 8. The van der Waals surface area contributed by atoms with Crippen molar-refractivity contribution in [3.05, 3.63) is 59.7 Å². The van der Waals surface area contributed by atoms with E-state index in [9.17, 15) is 9.59 Å². The van der Waals surface area contributed by atoms with Gasteiger partial charge in [-0.15, -0.1) is 12.4 Å². The standard InChI is InChI=1S/C32H38N2O5.ClH/c35-30(36)8-3-22-1-4-26(5-2-22)27-6-7-29(39-31(37)33-9-10-34-11-13-38-14-12-34)28(18-27)32-19-23-15-24(20-32)17-25(16-23)21-32;/h1-8,18,23-25H,9-17,19-21H2,(H,33,37)(H,35,36);1H/b8-3+;. The van der Waals surface area contributed by atoms with Crippen molar-refractivity contribution in [3.63, 3.8) is 0 Å². The first-order chi connectivity index (χ1) is 19.0. The minimum Gasteiger partial charge on any atom is -0.478 e. The largest absolute Gasteiger partial charge is 0.478 e. The topological polar surface area (TPSA) is 88.1 Å². The Labute approximate surface area is 242 Å². The number of benzene rings is 2. The van der Waals surface area contributed by atoms with Crippen LogP contribution in [0.15, 0.2) is 48.5 Å². The molecule has 8 heteroatoms. The van der Waals surface area contributed by atoms with Gasteiger partial charge < -0.3 is 19.9 Å². The second-order valence-corrected chi connectivity index (χ2v) is 12.0. The maximum Gasteiger partial charge on any atom is 0.412 e. The Kier molecular flexibility index (Phi) is 8.83. The van der Waals surface area contributed by atoms with Gasteiger partial charge in [-0.05, 0) is 96.6 Å². The van der Waals surface area contributed by atoms with Gasteiger partial charge in [0.2, 0.25) is 0 Å². The lowest BCUT2D eigenvalue weighted by molar-refractivity contribution is -0.131. The van der Waals surface area contributed by atoms with Crippen LogP contribution in [0.5, 0.6) is 5.75 Å². The molecule has 0 unspecified atom stereocenters. The summed E-state index contributed by atoms with van der Waals surface area (Å²) >= 11 is 0. The lowest BCUT2D eigenvalue weighted by Gasteiger charge is -2.57. The van der Waals surface area contributed by atoms with Gasteiger partial charge in [0.25, 0.3) is 0 Å². The molecule has 1 saturated heterocycles. The molecule has 2 aromatic carbocycles. The Balaban J connectivity index is 0.00000323. The van der Waals surface area contributed by atoms with Crippen LogP contribution in [0, 0.1) is 17.8 Å². The molecule has 7 nitrogen and oxygen atoms in total. The fourth-order valence-electron chi connectivity index (χ4n) is 7.88. The summed E-state index contributed by atoms with van der Waals surface area (Å²) in [6.07, 6.45) is 9.94. The maximum absolute atomic E-state index is 12.9. The molecule has 5 fully saturated rings. The summed E-state index contributed by atoms with van der Waals surface area (Å²) in [6.45, 7) is 4.61. The van der Waals surface area contributed by atoms with Gasteiger partial charge in [-0.1, -0.05) is 30.3 Å². The Morgan fingerprint density at radius 1 is 0.975 bits per heavy atom. The van der Waals surface area contributed by atoms with E-state index in [0.717, 1.165) is 73.4 Å². The molecule has 214 valence electrons. The molecule has 1 amide bonds. The first-order valence-corrected chi connectivity index (χ1v) is 14.4. The van der Waals surface area contributed by atoms with E-state index in [-0.39, 0.29) is 17.8 Å². The molecule has 1 aliphatic heterocycles. The van der Waals surface area contributed by atoms with Crippen LogP contribution in [0.2, 0.25) is 0 Å². The number of aliphatic carboxylic acids is 1. The fraction of sp³-hybridized carbons (Fsp3) is 0.500. The zero-order chi connectivity index (χ0) is 26.8. The summed E-state index contributed by atoms with van der Waals surface area (Å²) in [5.41, 5.74) is 4.25. The number of hydrogen-bond donors (Lipinski definition) is 2. The number of carboxylic acid groups (broad SMARTS) is 1. The molecule has 1 heterocycles. The number of carboxylic acids is 1. The van der Waals surface area contributed by atoms with Gasteiger partial charge in [-0.3, -0.25) is 4.90 Å². The van der Waals surface area contributed by atoms with Gasteiger partial charge in [-0.25, -0.2) is 9.59 Å². The molecule has 4 saturated carbocycles. The predicted molar refractivity (Wildman–Crippen MR) is 157 cm³/mol. The highest BCUT2D eigenvalue weighted by Crippen LogP contribution is 2.62. The van der Waals surface area contributed by atoms with Crippen LogP contribution in [0.3, 0.4) is 0 Å². The van der Waals surface area contributed by atoms with Gasteiger partial charge in [-0.2, -0.15) is 0 Å². The third-order valence-corrected chi connectivity index (χ3v) is 9.26. The molecule has 0 radical (unpaired) electrons. The van der Waals surface area contributed by atoms with E-state index in [2.05, 4.69) is 16.3 Å². The molecule has 0 spiro atoms. The fourth-order valence-corrected chi connectivity index (χ4v) is 7.88. The number of halogens is 1. The smallest absolute Gasteiger partial charge is 0.412 e. The quantitative estimate of drug-likeness (QED) is 0.395. The SMILES string of the molecule is Cl.O=C(O)/C=C/c1ccc(-c2ccc(OC(=O)NCCN3CCOCC3)c(C34CC5CC(CC(C5)C3)C4)c2)cc1. The van der Waals surface area contributed by atoms with Crippen molar-refractivity contribution in [3.8, 4) is 16.9 Å². The summed E-state index contributed by atoms with van der Waals surface area (Å²) in [5, 5.41) is 11.9. The van der Waals surface area contributed by atoms with Crippen LogP contribution in [0.25, 0.3) is 17.2 Å². The molecule has 2 aromatic rings. The van der Waals surface area contributed by atoms with E-state index >= 15 is 0 Å². The minimum absolute atomic E-state index is 0. The van der Waals surface area contributed by atoms with Crippen LogP contribution in [0.4, 0.5) is 4.79 Å². The number of nitrogens with one attached hydrogen (secondary N) is 1. The molecule has 4 aliphatic carbocycles. The summed E-state index contributed by atoms with van der Waals surface area (Å²) < 4.78 is 11.4. The number of morpholine rings is 1. The van der Waals surface area contributed by atoms with Crippen molar-refractivity contribution in [2.75, 3.05) is 39.4 Å². The van der Waals surface area contributed by atoms with Crippen LogP contribution in [0.1, 0.15) is 49.7 Å². The van der Waals surface area contributed by atoms with E-state index in [1.807, 2.05) is 36.4 Å². The second kappa shape index (κ2) is 12.3. The zero-order valence-electron chi connectivity index (χ0n) is 22.8. The monoisotopic (exact) mass is 566 g/mol. The Bertz CT molecular complexity index is 1200. The predicted octanol–water partition coefficient (Wildman–Crippen LogP) is 5.76. The first kappa shape index (κ1) is 28.7. The second-order valence-electron chi connectivity index (χ2n) is 12.0. The molecule has 2 N–H and O–H groups in total. The highest BCUT2D eigenvalue weighted by Gasteiger charge is 2.52. The number of hydrogen-bond acceptors (Lipinski definition) is 5. The highest BCUT2D eigenvalue weighted by molar-refractivity contribution is 5.85. The van der Waals surface area contributed by atoms with Crippen LogP contribution in [-0.4, -0.2) is 61.5 Å². The number of carbonyl (C=O) groups is 2. The van der Waals surface area contributed by atoms with Crippen molar-refractivity contribution in [1.29, 1.82) is 0 Å². The van der Waals surface area contributed by atoms with Crippen molar-refractivity contribution in [1.82, 2.24) is 10.2 Å². The molecular weight excluding hydrogens is 528 g/mol. The molecule has 0 aromatic heterocycles. The lowest BCUT2D eigenvalue weighted by Crippen LogP contribution is -2.48. The van der Waals surface area contributed by atoms with Crippen molar-refractivity contribution in [2.45, 2.75) is 43.9 Å². The third-order valence-electron chi connectivity index (χ3n) is 9.26. The van der Waals surface area contributed by atoms with E-state index in [4.69, 9.17) is 14.6 Å². The van der Waals surface area contributed by atoms with Crippen molar-refractivity contribution >= 4 is 30.5 Å². The molecule has 7 rings (SSSR count). The number of nitrogens with zero attached hydrogens (tertiary/aromatic N) is 1. The van der Waals surface area contributed by atoms with E-state index in [1.54, 1.807) is 6.08 Å². The average Bonchev–Trinajstić information content (AvgIpc) is 2.92. The van der Waals surface area contributed by atoms with Gasteiger partial charge in [0.15, 0.2) is 0 Å². The number of amides is 1. The zero-order valence-corrected chi connectivity index (χ0v) is 23.7. The van der Waals surface area contributed by atoms with Crippen LogP contribution < -0.4 is 10.1 Å². The molecule has 40 heavy (non-hydrogen) atoms. The number of carbonyl (C=O) groups excluding carboxylic acids is 1. The van der Waals surface area contributed by atoms with Gasteiger partial charge in [0.05, 0.1) is 13.2 Å². The van der Waals surface area contributed by atoms with E-state index in [0.29, 0.717) is 12.3 Å². The Morgan fingerprint density at radius 2 is 1.60 bits per heavy atom. The third kappa shape index (κ3) is 6.37. The number of ether oxygens (including phenoxy) is 2. The molecular formula is C32H39ClN2O5. The normalized spacial score (nSPS) is 27.4. The van der Waals surface area contributed by atoms with Crippen molar-refractivity contribution in [2.24, 2.45) is 17.8 Å². The lowest BCUT2D eigenvalue weighted by atomic mass is 9.48. The maximum atomic E-state index is 12.9. The summed E-state index contributed by atoms with van der Waals surface area (Å²) in [6, 6.07) is 14.2. The summed E-state index contributed by atoms with van der Waals surface area (Å²) in [5.74, 6) is 2.05. The first-order valence-electron chi connectivity index (χ1n) is 14.4. The van der Waals surface area contributed by atoms with E-state index in [1.165, 1.54) is 44.1 Å². The van der Waals surface area contributed by atoms with Gasteiger partial charge in [0.1, 0.15) is 5.75 Å². The molecule has 0 atom stereocenters. The van der Waals surface area contributed by atoms with Crippen LogP contribution in [-0.2, 0) is 14.9 Å².